The fourth-order valence-electron chi connectivity index (χ4n) is 3.23. The van der Waals surface area contributed by atoms with Crippen LogP contribution in [0.4, 0.5) is 5.69 Å². The summed E-state index contributed by atoms with van der Waals surface area (Å²) in [6.07, 6.45) is 0.493. The predicted octanol–water partition coefficient (Wildman–Crippen LogP) is 4.80. The molecule has 9 heteroatoms. The number of anilines is 1. The number of benzene rings is 2. The number of hydrogen-bond donors (Lipinski definition) is 1. The first-order valence-corrected chi connectivity index (χ1v) is 10.6. The van der Waals surface area contributed by atoms with Gasteiger partial charge < -0.3 is 19.1 Å². The number of ether oxygens (including phenoxy) is 1. The highest BCUT2D eigenvalue weighted by atomic mass is 16.5. The first-order chi connectivity index (χ1) is 15.9. The molecule has 1 N–H and O–H groups in total. The van der Waals surface area contributed by atoms with E-state index in [9.17, 15) is 4.79 Å². The molecule has 0 bridgehead atoms. The lowest BCUT2D eigenvalue weighted by Gasteiger charge is -2.11. The van der Waals surface area contributed by atoms with E-state index in [2.05, 4.69) is 25.6 Å². The summed E-state index contributed by atoms with van der Waals surface area (Å²) in [7, 11) is 1.61. The summed E-state index contributed by atoms with van der Waals surface area (Å²) >= 11 is 0. The maximum absolute atomic E-state index is 12.7. The molecular weight excluding hydrogens is 422 g/mol. The third-order valence-electron chi connectivity index (χ3n) is 5.11. The molecular formula is C24H25N5O4. The number of carbonyl (C=O) groups is 1. The largest absolute Gasteiger partial charge is 0.497 e. The van der Waals surface area contributed by atoms with E-state index in [1.165, 1.54) is 0 Å². The molecule has 4 rings (SSSR count). The van der Waals surface area contributed by atoms with Gasteiger partial charge in [0.05, 0.1) is 18.4 Å². The lowest BCUT2D eigenvalue weighted by molar-refractivity contribution is -0.116. The van der Waals surface area contributed by atoms with E-state index < -0.39 is 0 Å². The summed E-state index contributed by atoms with van der Waals surface area (Å²) in [5, 5.41) is 11.0. The van der Waals surface area contributed by atoms with Crippen molar-refractivity contribution in [2.45, 2.75) is 39.5 Å². The Kier molecular flexibility index (Phi) is 6.48. The minimum absolute atomic E-state index is 0.141. The SMILES string of the molecule is COc1ccc(-c2noc(CCC(=O)Nc3c(C)cccc3-c3nc(C(C)C)no3)n2)cc1. The van der Waals surface area contributed by atoms with E-state index in [4.69, 9.17) is 13.8 Å². The molecule has 0 spiro atoms. The van der Waals surface area contributed by atoms with Gasteiger partial charge in [0.25, 0.3) is 5.89 Å². The molecule has 0 aliphatic heterocycles. The first kappa shape index (κ1) is 22.2. The van der Waals surface area contributed by atoms with Gasteiger partial charge in [-0.05, 0) is 42.8 Å². The van der Waals surface area contributed by atoms with Crippen LogP contribution in [0.5, 0.6) is 5.75 Å². The topological polar surface area (TPSA) is 116 Å². The minimum Gasteiger partial charge on any atom is -0.497 e. The highest BCUT2D eigenvalue weighted by Gasteiger charge is 2.18. The molecule has 0 atom stereocenters. The Bertz CT molecular complexity index is 1240. The van der Waals surface area contributed by atoms with E-state index in [0.717, 1.165) is 16.9 Å². The highest BCUT2D eigenvalue weighted by molar-refractivity contribution is 5.95. The number of amides is 1. The van der Waals surface area contributed by atoms with Gasteiger partial charge >= 0.3 is 0 Å². The van der Waals surface area contributed by atoms with Crippen molar-refractivity contribution < 1.29 is 18.6 Å². The molecule has 0 radical (unpaired) electrons. The molecule has 0 fully saturated rings. The monoisotopic (exact) mass is 447 g/mol. The zero-order valence-electron chi connectivity index (χ0n) is 19.0. The van der Waals surface area contributed by atoms with Gasteiger partial charge in [-0.25, -0.2) is 0 Å². The molecule has 33 heavy (non-hydrogen) atoms. The minimum atomic E-state index is -0.182. The van der Waals surface area contributed by atoms with Crippen molar-refractivity contribution in [3.05, 3.63) is 59.7 Å². The number of rotatable bonds is 8. The summed E-state index contributed by atoms with van der Waals surface area (Å²) in [6, 6.07) is 13.0. The van der Waals surface area contributed by atoms with Crippen LogP contribution in [-0.2, 0) is 11.2 Å². The van der Waals surface area contributed by atoms with E-state index >= 15 is 0 Å². The van der Waals surface area contributed by atoms with Crippen LogP contribution < -0.4 is 10.1 Å². The van der Waals surface area contributed by atoms with Crippen molar-refractivity contribution in [2.75, 3.05) is 12.4 Å². The molecule has 0 aliphatic carbocycles. The maximum Gasteiger partial charge on any atom is 0.260 e. The highest BCUT2D eigenvalue weighted by Crippen LogP contribution is 2.30. The molecule has 4 aromatic rings. The number of nitrogens with one attached hydrogen (secondary N) is 1. The Morgan fingerprint density at radius 2 is 1.85 bits per heavy atom. The Morgan fingerprint density at radius 3 is 2.55 bits per heavy atom. The van der Waals surface area contributed by atoms with Crippen LogP contribution in [0.1, 0.15) is 43.5 Å². The van der Waals surface area contributed by atoms with Gasteiger partial charge in [-0.3, -0.25) is 4.79 Å². The second-order valence-electron chi connectivity index (χ2n) is 7.90. The Morgan fingerprint density at radius 1 is 1.06 bits per heavy atom. The zero-order chi connectivity index (χ0) is 23.4. The van der Waals surface area contributed by atoms with E-state index in [1.807, 2.05) is 63.2 Å². The molecule has 0 saturated carbocycles. The van der Waals surface area contributed by atoms with Crippen LogP contribution in [0.15, 0.2) is 51.5 Å². The number of hydrogen-bond acceptors (Lipinski definition) is 8. The standard InChI is InChI=1S/C24H25N5O4/c1-14(2)22-27-24(33-28-22)18-7-5-6-15(3)21(18)25-19(30)12-13-20-26-23(29-32-20)16-8-10-17(31-4)11-9-16/h5-11,14H,12-13H2,1-4H3,(H,25,30). The fourth-order valence-corrected chi connectivity index (χ4v) is 3.23. The van der Waals surface area contributed by atoms with Gasteiger partial charge in [0.1, 0.15) is 5.75 Å². The number of methoxy groups -OCH3 is 1. The van der Waals surface area contributed by atoms with Crippen molar-refractivity contribution in [1.82, 2.24) is 20.3 Å². The van der Waals surface area contributed by atoms with Crippen molar-refractivity contribution in [3.8, 4) is 28.6 Å². The number of nitrogens with zero attached hydrogens (tertiary/aromatic N) is 4. The summed E-state index contributed by atoms with van der Waals surface area (Å²) in [5.41, 5.74) is 3.03. The zero-order valence-corrected chi connectivity index (χ0v) is 19.0. The van der Waals surface area contributed by atoms with Crippen molar-refractivity contribution >= 4 is 11.6 Å². The number of para-hydroxylation sites is 1. The molecule has 2 aromatic heterocycles. The quantitative estimate of drug-likeness (QED) is 0.409. The molecule has 170 valence electrons. The van der Waals surface area contributed by atoms with Crippen LogP contribution in [0, 0.1) is 6.92 Å². The van der Waals surface area contributed by atoms with E-state index in [1.54, 1.807) is 7.11 Å². The second-order valence-corrected chi connectivity index (χ2v) is 7.90. The van der Waals surface area contributed by atoms with Crippen molar-refractivity contribution in [2.24, 2.45) is 0 Å². The Balaban J connectivity index is 1.43. The second kappa shape index (κ2) is 9.64. The third kappa shape index (κ3) is 5.08. The lowest BCUT2D eigenvalue weighted by atomic mass is 10.1. The average molecular weight is 447 g/mol. The van der Waals surface area contributed by atoms with Gasteiger partial charge in [0, 0.05) is 24.3 Å². The van der Waals surface area contributed by atoms with Gasteiger partial charge in [-0.15, -0.1) is 0 Å². The van der Waals surface area contributed by atoms with E-state index in [-0.39, 0.29) is 18.2 Å². The summed E-state index contributed by atoms with van der Waals surface area (Å²) < 4.78 is 15.9. The predicted molar refractivity (Wildman–Crippen MR) is 122 cm³/mol. The van der Waals surface area contributed by atoms with Crippen LogP contribution in [-0.4, -0.2) is 33.3 Å². The normalized spacial score (nSPS) is 11.1. The fraction of sp³-hybridized carbons (Fsp3) is 0.292. The molecule has 0 unspecified atom stereocenters. The van der Waals surface area contributed by atoms with Crippen molar-refractivity contribution in [1.29, 1.82) is 0 Å². The number of carbonyl (C=O) groups excluding carboxylic acids is 1. The van der Waals surface area contributed by atoms with Gasteiger partial charge in [0.2, 0.25) is 17.6 Å². The Labute approximate surface area is 191 Å². The molecule has 0 saturated heterocycles. The average Bonchev–Trinajstić information content (AvgIpc) is 3.49. The summed E-state index contributed by atoms with van der Waals surface area (Å²) in [4.78, 5) is 21.5. The van der Waals surface area contributed by atoms with Gasteiger partial charge in [-0.1, -0.05) is 36.3 Å². The summed E-state index contributed by atoms with van der Waals surface area (Å²) in [5.74, 6) is 2.55. The lowest BCUT2D eigenvalue weighted by Crippen LogP contribution is -2.14. The maximum atomic E-state index is 12.7. The van der Waals surface area contributed by atoms with Crippen LogP contribution in [0.2, 0.25) is 0 Å². The first-order valence-electron chi connectivity index (χ1n) is 10.6. The van der Waals surface area contributed by atoms with E-state index in [0.29, 0.717) is 41.1 Å². The molecule has 9 nitrogen and oxygen atoms in total. The molecule has 2 heterocycles. The molecule has 2 aromatic carbocycles. The molecule has 0 aliphatic rings. The molecule has 1 amide bonds. The summed E-state index contributed by atoms with van der Waals surface area (Å²) in [6.45, 7) is 5.90. The number of aryl methyl sites for hydroxylation is 2. The van der Waals surface area contributed by atoms with Crippen LogP contribution >= 0.6 is 0 Å². The van der Waals surface area contributed by atoms with Gasteiger partial charge in [0.15, 0.2) is 5.82 Å². The van der Waals surface area contributed by atoms with Crippen LogP contribution in [0.3, 0.4) is 0 Å². The van der Waals surface area contributed by atoms with Gasteiger partial charge in [-0.2, -0.15) is 9.97 Å². The third-order valence-corrected chi connectivity index (χ3v) is 5.11. The number of aromatic nitrogens is 4. The Hall–Kier alpha value is -4.01. The van der Waals surface area contributed by atoms with Crippen molar-refractivity contribution in [3.63, 3.8) is 0 Å². The smallest absolute Gasteiger partial charge is 0.260 e. The van der Waals surface area contributed by atoms with Crippen LogP contribution in [0.25, 0.3) is 22.8 Å².